The number of nitrogens with zero attached hydrogens (tertiary/aromatic N) is 4. The van der Waals surface area contributed by atoms with Gasteiger partial charge in [-0.15, -0.1) is 0 Å². The Kier molecular flexibility index (Phi) is 5.74. The molecule has 0 saturated heterocycles. The van der Waals surface area contributed by atoms with Crippen LogP contribution in [-0.2, 0) is 17.8 Å². The standard InChI is InChI=1S/C22H23N5O3/c1-27(14-19-23-17-6-3-4-7-18(17)24-19)21(28)9-5-8-20-25-22(26-30-20)15-10-12-16(29-2)13-11-15/h3-4,6-7,10-13H,5,8-9,14H2,1-2H3,(H,23,24). The van der Waals surface area contributed by atoms with Gasteiger partial charge in [-0.2, -0.15) is 4.98 Å². The molecule has 0 spiro atoms. The van der Waals surface area contributed by atoms with E-state index in [2.05, 4.69) is 20.1 Å². The molecular formula is C22H23N5O3. The second kappa shape index (κ2) is 8.77. The van der Waals surface area contributed by atoms with Crippen LogP contribution in [0.5, 0.6) is 5.75 Å². The van der Waals surface area contributed by atoms with E-state index in [0.717, 1.165) is 28.2 Å². The van der Waals surface area contributed by atoms with Crippen LogP contribution in [0.2, 0.25) is 0 Å². The summed E-state index contributed by atoms with van der Waals surface area (Å²) in [5, 5.41) is 4.02. The Morgan fingerprint density at radius 2 is 1.93 bits per heavy atom. The molecule has 1 N–H and O–H groups in total. The fourth-order valence-electron chi connectivity index (χ4n) is 3.19. The van der Waals surface area contributed by atoms with Gasteiger partial charge in [-0.05, 0) is 42.8 Å². The third-order valence-corrected chi connectivity index (χ3v) is 4.85. The zero-order valence-corrected chi connectivity index (χ0v) is 17.0. The lowest BCUT2D eigenvalue weighted by molar-refractivity contribution is -0.130. The van der Waals surface area contributed by atoms with Crippen LogP contribution in [0.4, 0.5) is 0 Å². The molecule has 4 rings (SSSR count). The number of aryl methyl sites for hydroxylation is 1. The fraction of sp³-hybridized carbons (Fsp3) is 0.273. The summed E-state index contributed by atoms with van der Waals surface area (Å²) in [6, 6.07) is 15.3. The van der Waals surface area contributed by atoms with E-state index in [0.29, 0.717) is 37.5 Å². The first kappa shape index (κ1) is 19.6. The van der Waals surface area contributed by atoms with E-state index in [1.807, 2.05) is 48.5 Å². The van der Waals surface area contributed by atoms with Crippen molar-refractivity contribution in [2.75, 3.05) is 14.2 Å². The van der Waals surface area contributed by atoms with Gasteiger partial charge in [-0.1, -0.05) is 17.3 Å². The van der Waals surface area contributed by atoms with E-state index >= 15 is 0 Å². The summed E-state index contributed by atoms with van der Waals surface area (Å²) in [6.45, 7) is 0.440. The molecular weight excluding hydrogens is 382 g/mol. The lowest BCUT2D eigenvalue weighted by Gasteiger charge is -2.15. The van der Waals surface area contributed by atoms with Gasteiger partial charge in [-0.3, -0.25) is 4.79 Å². The molecule has 2 heterocycles. The summed E-state index contributed by atoms with van der Waals surface area (Å²) >= 11 is 0. The van der Waals surface area contributed by atoms with Crippen molar-refractivity contribution < 1.29 is 14.1 Å². The lowest BCUT2D eigenvalue weighted by atomic mass is 10.2. The average molecular weight is 405 g/mol. The van der Waals surface area contributed by atoms with Crippen molar-refractivity contribution in [3.05, 3.63) is 60.2 Å². The van der Waals surface area contributed by atoms with Crippen LogP contribution < -0.4 is 4.74 Å². The van der Waals surface area contributed by atoms with Gasteiger partial charge in [0, 0.05) is 25.5 Å². The first-order valence-corrected chi connectivity index (χ1v) is 9.77. The van der Waals surface area contributed by atoms with Gasteiger partial charge in [0.15, 0.2) is 0 Å². The number of H-pyrrole nitrogens is 1. The van der Waals surface area contributed by atoms with Crippen molar-refractivity contribution in [1.82, 2.24) is 25.0 Å². The Hall–Kier alpha value is -3.68. The Bertz CT molecular complexity index is 1100. The molecule has 0 bridgehead atoms. The highest BCUT2D eigenvalue weighted by Gasteiger charge is 2.13. The zero-order valence-electron chi connectivity index (χ0n) is 17.0. The molecule has 1 amide bonds. The van der Waals surface area contributed by atoms with E-state index in [4.69, 9.17) is 9.26 Å². The maximum atomic E-state index is 12.4. The number of hydrogen-bond donors (Lipinski definition) is 1. The maximum Gasteiger partial charge on any atom is 0.226 e. The van der Waals surface area contributed by atoms with Gasteiger partial charge in [0.25, 0.3) is 0 Å². The number of para-hydroxylation sites is 2. The molecule has 0 saturated carbocycles. The Labute approximate surface area is 173 Å². The third kappa shape index (κ3) is 4.48. The average Bonchev–Trinajstić information content (AvgIpc) is 3.40. The summed E-state index contributed by atoms with van der Waals surface area (Å²) in [5.74, 6) is 2.64. The van der Waals surface area contributed by atoms with Gasteiger partial charge < -0.3 is 19.1 Å². The van der Waals surface area contributed by atoms with E-state index in [1.54, 1.807) is 19.1 Å². The summed E-state index contributed by atoms with van der Waals surface area (Å²) in [6.07, 6.45) is 1.58. The van der Waals surface area contributed by atoms with Crippen molar-refractivity contribution in [3.8, 4) is 17.1 Å². The Morgan fingerprint density at radius 3 is 2.70 bits per heavy atom. The quantitative estimate of drug-likeness (QED) is 0.481. The minimum absolute atomic E-state index is 0.0466. The first-order chi connectivity index (χ1) is 14.6. The van der Waals surface area contributed by atoms with Crippen LogP contribution >= 0.6 is 0 Å². The van der Waals surface area contributed by atoms with Crippen LogP contribution in [0.15, 0.2) is 53.1 Å². The number of carbonyl (C=O) groups excluding carboxylic acids is 1. The molecule has 4 aromatic rings. The first-order valence-electron chi connectivity index (χ1n) is 9.77. The molecule has 30 heavy (non-hydrogen) atoms. The minimum Gasteiger partial charge on any atom is -0.497 e. The number of benzene rings is 2. The number of hydrogen-bond acceptors (Lipinski definition) is 6. The van der Waals surface area contributed by atoms with Crippen molar-refractivity contribution in [2.45, 2.75) is 25.8 Å². The highest BCUT2D eigenvalue weighted by molar-refractivity contribution is 5.77. The van der Waals surface area contributed by atoms with E-state index in [-0.39, 0.29) is 5.91 Å². The highest BCUT2D eigenvalue weighted by atomic mass is 16.5. The number of rotatable bonds is 8. The molecule has 154 valence electrons. The monoisotopic (exact) mass is 405 g/mol. The van der Waals surface area contributed by atoms with Crippen molar-refractivity contribution in [3.63, 3.8) is 0 Å². The number of imidazole rings is 1. The van der Waals surface area contributed by atoms with Crippen LogP contribution in [0, 0.1) is 0 Å². The number of nitrogens with one attached hydrogen (secondary N) is 1. The van der Waals surface area contributed by atoms with E-state index in [9.17, 15) is 4.79 Å². The molecule has 0 unspecified atom stereocenters. The number of amides is 1. The van der Waals surface area contributed by atoms with Crippen LogP contribution in [0.25, 0.3) is 22.4 Å². The largest absolute Gasteiger partial charge is 0.497 e. The molecule has 0 aliphatic rings. The lowest BCUT2D eigenvalue weighted by Crippen LogP contribution is -2.26. The van der Waals surface area contributed by atoms with Crippen LogP contribution in [0.3, 0.4) is 0 Å². The van der Waals surface area contributed by atoms with Gasteiger partial charge in [-0.25, -0.2) is 4.98 Å². The second-order valence-electron chi connectivity index (χ2n) is 7.04. The number of aromatic amines is 1. The molecule has 0 aliphatic heterocycles. The van der Waals surface area contributed by atoms with Crippen molar-refractivity contribution >= 4 is 16.9 Å². The number of carbonyl (C=O) groups is 1. The topological polar surface area (TPSA) is 97.1 Å². The van der Waals surface area contributed by atoms with Crippen molar-refractivity contribution in [1.29, 1.82) is 0 Å². The van der Waals surface area contributed by atoms with Crippen molar-refractivity contribution in [2.24, 2.45) is 0 Å². The SMILES string of the molecule is COc1ccc(-c2noc(CCCC(=O)N(C)Cc3nc4ccccc4[nH]3)n2)cc1. The normalized spacial score (nSPS) is 11.0. The molecule has 0 aliphatic carbocycles. The number of fused-ring (bicyclic) bond motifs is 1. The molecule has 0 fully saturated rings. The van der Waals surface area contributed by atoms with Gasteiger partial charge in [0.2, 0.25) is 17.6 Å². The minimum atomic E-state index is 0.0466. The molecule has 2 aromatic heterocycles. The molecule has 0 radical (unpaired) electrons. The fourth-order valence-corrected chi connectivity index (χ4v) is 3.19. The number of methoxy groups -OCH3 is 1. The third-order valence-electron chi connectivity index (χ3n) is 4.85. The summed E-state index contributed by atoms with van der Waals surface area (Å²) in [7, 11) is 3.40. The molecule has 8 nitrogen and oxygen atoms in total. The molecule has 8 heteroatoms. The summed E-state index contributed by atoms with van der Waals surface area (Å²) < 4.78 is 10.5. The van der Waals surface area contributed by atoms with E-state index < -0.39 is 0 Å². The van der Waals surface area contributed by atoms with Crippen LogP contribution in [0.1, 0.15) is 24.6 Å². The second-order valence-corrected chi connectivity index (χ2v) is 7.04. The van der Waals surface area contributed by atoms with Crippen LogP contribution in [-0.4, -0.2) is 45.1 Å². The predicted molar refractivity (Wildman–Crippen MR) is 112 cm³/mol. The molecule has 2 aromatic carbocycles. The smallest absolute Gasteiger partial charge is 0.226 e. The van der Waals surface area contributed by atoms with Gasteiger partial charge >= 0.3 is 0 Å². The molecule has 0 atom stereocenters. The van der Waals surface area contributed by atoms with Gasteiger partial charge in [0.05, 0.1) is 24.7 Å². The maximum absolute atomic E-state index is 12.4. The summed E-state index contributed by atoms with van der Waals surface area (Å²) in [5.41, 5.74) is 2.72. The Balaban J connectivity index is 1.27. The van der Waals surface area contributed by atoms with E-state index in [1.165, 1.54) is 0 Å². The highest BCUT2D eigenvalue weighted by Crippen LogP contribution is 2.20. The predicted octanol–water partition coefficient (Wildman–Crippen LogP) is 3.60. The van der Waals surface area contributed by atoms with Gasteiger partial charge in [0.1, 0.15) is 11.6 Å². The number of ether oxygens (including phenoxy) is 1. The Morgan fingerprint density at radius 1 is 1.13 bits per heavy atom. The number of aromatic nitrogens is 4. The zero-order chi connectivity index (χ0) is 20.9. The summed E-state index contributed by atoms with van der Waals surface area (Å²) in [4.78, 5) is 26.3.